The number of nitro groups is 1. The summed E-state index contributed by atoms with van der Waals surface area (Å²) in [6.45, 7) is -0.149. The Labute approximate surface area is 184 Å². The molecule has 0 unspecified atom stereocenters. The molecule has 0 atom stereocenters. The predicted molar refractivity (Wildman–Crippen MR) is 121 cm³/mol. The van der Waals surface area contributed by atoms with E-state index >= 15 is 0 Å². The fraction of sp³-hybridized carbons (Fsp3) is 0.0870. The average Bonchev–Trinajstić information content (AvgIpc) is 3.14. The van der Waals surface area contributed by atoms with Crippen LogP contribution in [0.4, 0.5) is 11.4 Å². The van der Waals surface area contributed by atoms with Crippen LogP contribution in [0.5, 0.6) is 0 Å². The van der Waals surface area contributed by atoms with Crippen LogP contribution in [0.2, 0.25) is 0 Å². The van der Waals surface area contributed by atoms with Crippen LogP contribution in [0.3, 0.4) is 0 Å². The maximum absolute atomic E-state index is 13.1. The van der Waals surface area contributed by atoms with Crippen LogP contribution >= 0.6 is 0 Å². The Hall–Kier alpha value is -3.98. The summed E-state index contributed by atoms with van der Waals surface area (Å²) in [5, 5.41) is 14.1. The van der Waals surface area contributed by atoms with Crippen molar-refractivity contribution in [2.45, 2.75) is 17.2 Å². The van der Waals surface area contributed by atoms with E-state index in [1.54, 1.807) is 59.2 Å². The first-order chi connectivity index (χ1) is 15.3. The molecule has 0 aliphatic heterocycles. The summed E-state index contributed by atoms with van der Waals surface area (Å²) >= 11 is 0. The third kappa shape index (κ3) is 4.52. The van der Waals surface area contributed by atoms with E-state index < -0.39 is 20.7 Å². The Morgan fingerprint density at radius 3 is 2.44 bits per heavy atom. The highest BCUT2D eigenvalue weighted by atomic mass is 32.2. The van der Waals surface area contributed by atoms with Gasteiger partial charge in [-0.25, -0.2) is 8.42 Å². The first-order valence-electron chi connectivity index (χ1n) is 9.72. The Morgan fingerprint density at radius 1 is 0.969 bits per heavy atom. The van der Waals surface area contributed by atoms with Gasteiger partial charge in [0, 0.05) is 34.9 Å². The molecular weight excluding hydrogens is 430 g/mol. The molecule has 0 bridgehead atoms. The molecule has 1 N–H and O–H groups in total. The van der Waals surface area contributed by atoms with Crippen molar-refractivity contribution < 1.29 is 18.1 Å². The highest BCUT2D eigenvalue weighted by Crippen LogP contribution is 2.28. The number of aromatic nitrogens is 1. The number of nitrogens with zero attached hydrogens (tertiary/aromatic N) is 2. The van der Waals surface area contributed by atoms with Crippen molar-refractivity contribution in [3.8, 4) is 0 Å². The molecule has 1 heterocycles. The minimum atomic E-state index is -3.66. The summed E-state index contributed by atoms with van der Waals surface area (Å²) in [4.78, 5) is 23.2. The molecular formula is C23H19N3O5S. The van der Waals surface area contributed by atoms with Crippen LogP contribution in [0.25, 0.3) is 10.9 Å². The largest absolute Gasteiger partial charge is 0.337 e. The van der Waals surface area contributed by atoms with E-state index in [2.05, 4.69) is 5.32 Å². The van der Waals surface area contributed by atoms with Gasteiger partial charge >= 0.3 is 0 Å². The fourth-order valence-corrected chi connectivity index (χ4v) is 5.10. The maximum atomic E-state index is 13.1. The summed E-state index contributed by atoms with van der Waals surface area (Å²) in [6.07, 6.45) is 1.47. The molecule has 9 heteroatoms. The number of hydrogen-bond acceptors (Lipinski definition) is 5. The van der Waals surface area contributed by atoms with Gasteiger partial charge in [-0.1, -0.05) is 54.6 Å². The molecule has 0 spiro atoms. The molecule has 0 fully saturated rings. The molecule has 8 nitrogen and oxygen atoms in total. The van der Waals surface area contributed by atoms with Gasteiger partial charge in [-0.15, -0.1) is 0 Å². The lowest BCUT2D eigenvalue weighted by Gasteiger charge is -2.07. The standard InChI is InChI=1S/C23H19N3O5S/c27-23(24-18-9-6-10-19(13-18)26(28)29)15-25-14-22(20-11-4-5-12-21(20)25)32(30,31)16-17-7-2-1-3-8-17/h1-14H,15-16H2,(H,24,27). The van der Waals surface area contributed by atoms with Crippen LogP contribution in [0, 0.1) is 10.1 Å². The average molecular weight is 449 g/mol. The van der Waals surface area contributed by atoms with Crippen molar-refractivity contribution in [3.63, 3.8) is 0 Å². The number of benzene rings is 3. The van der Waals surface area contributed by atoms with Crippen molar-refractivity contribution in [2.24, 2.45) is 0 Å². The van der Waals surface area contributed by atoms with Gasteiger partial charge in [0.2, 0.25) is 5.91 Å². The van der Waals surface area contributed by atoms with Gasteiger partial charge in [0.25, 0.3) is 5.69 Å². The van der Waals surface area contributed by atoms with Crippen molar-refractivity contribution in [3.05, 3.63) is 101 Å². The zero-order valence-electron chi connectivity index (χ0n) is 16.8. The maximum Gasteiger partial charge on any atom is 0.271 e. The van der Waals surface area contributed by atoms with E-state index in [0.717, 1.165) is 0 Å². The second-order valence-corrected chi connectivity index (χ2v) is 9.20. The van der Waals surface area contributed by atoms with Gasteiger partial charge < -0.3 is 9.88 Å². The van der Waals surface area contributed by atoms with Gasteiger partial charge in [-0.2, -0.15) is 0 Å². The number of para-hydroxylation sites is 1. The molecule has 0 aliphatic carbocycles. The molecule has 4 aromatic rings. The summed E-state index contributed by atoms with van der Waals surface area (Å²) in [6, 6.07) is 21.5. The minimum absolute atomic E-state index is 0.136. The third-order valence-electron chi connectivity index (χ3n) is 4.94. The molecule has 0 radical (unpaired) electrons. The van der Waals surface area contributed by atoms with E-state index in [1.807, 2.05) is 6.07 Å². The lowest BCUT2D eigenvalue weighted by molar-refractivity contribution is -0.384. The van der Waals surface area contributed by atoms with Crippen molar-refractivity contribution in [1.29, 1.82) is 0 Å². The van der Waals surface area contributed by atoms with Gasteiger partial charge in [0.15, 0.2) is 9.84 Å². The van der Waals surface area contributed by atoms with Gasteiger partial charge in [-0.05, 0) is 17.7 Å². The minimum Gasteiger partial charge on any atom is -0.337 e. The van der Waals surface area contributed by atoms with Gasteiger partial charge in [0.05, 0.1) is 15.6 Å². The number of carbonyl (C=O) groups excluding carboxylic acids is 1. The number of carbonyl (C=O) groups is 1. The van der Waals surface area contributed by atoms with Crippen LogP contribution < -0.4 is 5.32 Å². The number of fused-ring (bicyclic) bond motifs is 1. The number of rotatable bonds is 7. The highest BCUT2D eigenvalue weighted by Gasteiger charge is 2.22. The quantitative estimate of drug-likeness (QED) is 0.336. The molecule has 4 rings (SSSR count). The topological polar surface area (TPSA) is 111 Å². The van der Waals surface area contributed by atoms with E-state index in [0.29, 0.717) is 16.5 Å². The summed E-state index contributed by atoms with van der Waals surface area (Å²) < 4.78 is 27.8. The van der Waals surface area contributed by atoms with Crippen LogP contribution in [0.15, 0.2) is 90.0 Å². The van der Waals surface area contributed by atoms with E-state index in [4.69, 9.17) is 0 Å². The highest BCUT2D eigenvalue weighted by molar-refractivity contribution is 7.90. The molecule has 0 aliphatic rings. The summed E-state index contributed by atoms with van der Waals surface area (Å²) in [7, 11) is -3.66. The van der Waals surface area contributed by atoms with Crippen molar-refractivity contribution in [2.75, 3.05) is 5.32 Å². The molecule has 0 saturated heterocycles. The number of nitro benzene ring substituents is 1. The SMILES string of the molecule is O=C(Cn1cc(S(=O)(=O)Cc2ccccc2)c2ccccc21)Nc1cccc([N+](=O)[O-])c1. The smallest absolute Gasteiger partial charge is 0.271 e. The van der Waals surface area contributed by atoms with Gasteiger partial charge in [0.1, 0.15) is 6.54 Å². The van der Waals surface area contributed by atoms with Crippen LogP contribution in [0.1, 0.15) is 5.56 Å². The van der Waals surface area contributed by atoms with Crippen molar-refractivity contribution >= 4 is 38.0 Å². The second kappa shape index (κ2) is 8.64. The Balaban J connectivity index is 1.62. The monoisotopic (exact) mass is 449 g/mol. The molecule has 0 saturated carbocycles. The normalized spacial score (nSPS) is 11.4. The predicted octanol–water partition coefficient (Wildman–Crippen LogP) is 4.16. The Bertz CT molecular complexity index is 1410. The first kappa shape index (κ1) is 21.3. The number of amides is 1. The zero-order chi connectivity index (χ0) is 22.7. The van der Waals surface area contributed by atoms with E-state index in [9.17, 15) is 23.3 Å². The molecule has 1 amide bonds. The van der Waals surface area contributed by atoms with E-state index in [-0.39, 0.29) is 28.6 Å². The fourth-order valence-electron chi connectivity index (χ4n) is 3.52. The lowest BCUT2D eigenvalue weighted by atomic mass is 10.2. The molecule has 162 valence electrons. The van der Waals surface area contributed by atoms with E-state index in [1.165, 1.54) is 24.4 Å². The van der Waals surface area contributed by atoms with Crippen LogP contribution in [-0.4, -0.2) is 23.8 Å². The van der Waals surface area contributed by atoms with Crippen molar-refractivity contribution in [1.82, 2.24) is 4.57 Å². The summed E-state index contributed by atoms with van der Waals surface area (Å²) in [5.74, 6) is -0.583. The Morgan fingerprint density at radius 2 is 1.69 bits per heavy atom. The first-order valence-corrected chi connectivity index (χ1v) is 11.4. The van der Waals surface area contributed by atoms with Gasteiger partial charge in [-0.3, -0.25) is 14.9 Å². The van der Waals surface area contributed by atoms with Crippen LogP contribution in [-0.2, 0) is 26.9 Å². The number of nitrogens with one attached hydrogen (secondary N) is 1. The number of hydrogen-bond donors (Lipinski definition) is 1. The molecule has 32 heavy (non-hydrogen) atoms. The number of anilines is 1. The Kier molecular flexibility index (Phi) is 5.74. The third-order valence-corrected chi connectivity index (χ3v) is 6.65. The molecule has 1 aromatic heterocycles. The second-order valence-electron chi connectivity index (χ2n) is 7.24. The lowest BCUT2D eigenvalue weighted by Crippen LogP contribution is -2.18. The molecule has 3 aromatic carbocycles. The summed E-state index contributed by atoms with van der Waals surface area (Å²) in [5.41, 5.74) is 1.43. The number of non-ortho nitro benzene ring substituents is 1. The number of sulfone groups is 1. The zero-order valence-corrected chi connectivity index (χ0v) is 17.7.